The molecule has 2 saturated carbocycles. The topological polar surface area (TPSA) is 78.7 Å². The fraction of sp³-hybridized carbons (Fsp3) is 0.312. The van der Waals surface area contributed by atoms with Crippen LogP contribution >= 0.6 is 0 Å². The molecule has 2 aliphatic rings. The Kier molecular flexibility index (Phi) is 27.3. The molecule has 2 fully saturated rings. The molecule has 4 nitrogen and oxygen atoms in total. The molecule has 0 amide bonds. The molecule has 0 N–H and O–H groups in total. The predicted octanol–water partition coefficient (Wildman–Crippen LogP) is 8.64. The van der Waals surface area contributed by atoms with Crippen LogP contribution in [0.4, 0.5) is 0 Å². The van der Waals surface area contributed by atoms with Crippen molar-refractivity contribution < 1.29 is 42.8 Å². The number of nitroso groups, excluding NO2 is 1. The summed E-state index contributed by atoms with van der Waals surface area (Å²) in [5, 5.41) is 0. The van der Waals surface area contributed by atoms with Crippen LogP contribution in [0, 0.1) is 76.2 Å². The molecular formula is C32H40N2O2W2-. The van der Waals surface area contributed by atoms with Gasteiger partial charge in [-0.3, -0.25) is 0 Å². The van der Waals surface area contributed by atoms with E-state index in [2.05, 4.69) is 81.4 Å². The van der Waals surface area contributed by atoms with Crippen LogP contribution in [0.3, 0.4) is 0 Å². The number of hydrogen-bond donors (Lipinski definition) is 0. The molecule has 0 atom stereocenters. The van der Waals surface area contributed by atoms with E-state index in [9.17, 15) is 0 Å². The van der Waals surface area contributed by atoms with Crippen LogP contribution in [0.1, 0.15) is 69.2 Å². The maximum Gasteiger partial charge on any atom is 2.00 e. The standard InChI is InChI=1S/2C10H15.2C6H5.NO.N.O.2W/c2*1-6-7(2)9(4)10(5)8(6)3;2*1-2-4-6-5-3-1;1-2;;;;/h2*1-5H3;2*1-5H;;;;;/q;;2*-1;;-1;;;+2. The van der Waals surface area contributed by atoms with E-state index in [1.165, 1.54) is 59.2 Å². The third-order valence-electron chi connectivity index (χ3n) is 6.84. The molecule has 11 radical (unpaired) electrons. The molecule has 4 rings (SSSR count). The summed E-state index contributed by atoms with van der Waals surface area (Å²) in [5.41, 5.74) is 5.75. The van der Waals surface area contributed by atoms with Gasteiger partial charge >= 0.3 is 46.7 Å². The average Bonchev–Trinajstić information content (AvgIpc) is 3.22. The van der Waals surface area contributed by atoms with Gasteiger partial charge in [-0.15, -0.1) is 4.91 Å². The van der Waals surface area contributed by atoms with Gasteiger partial charge in [-0.1, -0.05) is 69.2 Å². The number of nitrogens with zero attached hydrogens (tertiary/aromatic N) is 2. The van der Waals surface area contributed by atoms with Gasteiger partial charge in [0.25, 0.3) is 0 Å². The van der Waals surface area contributed by atoms with Crippen LogP contribution in [-0.2, 0) is 42.8 Å². The zero-order valence-corrected chi connectivity index (χ0v) is 30.2. The largest absolute Gasteiger partial charge is 2.00 e. The first-order chi connectivity index (χ1) is 17.5. The van der Waals surface area contributed by atoms with Gasteiger partial charge in [0, 0.05) is 0 Å². The van der Waals surface area contributed by atoms with Crippen molar-refractivity contribution in [2.24, 2.45) is 0 Å². The summed E-state index contributed by atoms with van der Waals surface area (Å²) in [4.78, 5) is 7.25. The second kappa shape index (κ2) is 25.0. The third kappa shape index (κ3) is 15.6. The van der Waals surface area contributed by atoms with E-state index in [0.29, 0.717) is 0 Å². The van der Waals surface area contributed by atoms with Crippen molar-refractivity contribution in [2.45, 2.75) is 69.2 Å². The molecule has 0 aliphatic heterocycles. The summed E-state index contributed by atoms with van der Waals surface area (Å²) in [7, 11) is 0. The van der Waals surface area contributed by atoms with Crippen molar-refractivity contribution in [3.63, 3.8) is 0 Å². The molecule has 0 unspecified atom stereocenters. The molecule has 0 aromatic heterocycles. The first-order valence-corrected chi connectivity index (χ1v) is 14.4. The van der Waals surface area contributed by atoms with E-state index >= 15 is 0 Å². The molecule has 2 aromatic rings. The predicted molar refractivity (Wildman–Crippen MR) is 149 cm³/mol. The van der Waals surface area contributed by atoms with Crippen LogP contribution < -0.4 is 5.59 Å². The Morgan fingerprint density at radius 2 is 0.605 bits per heavy atom. The van der Waals surface area contributed by atoms with Gasteiger partial charge < -0.3 is 0 Å². The first-order valence-electron chi connectivity index (χ1n) is 11.9. The SMILES string of the molecule is C[C]1[C](C)[C](C)[C](C)[C]1C.C[C]1[C](C)[C](C)[C](C)[C]1C.[N-]=[W]=[O].[N]=O.[W+2].[c-]1ccccc1.[c-]1ccccc1. The summed E-state index contributed by atoms with van der Waals surface area (Å²) < 4.78 is 15.8. The van der Waals surface area contributed by atoms with E-state index < -0.39 is 18.3 Å². The molecule has 0 saturated heterocycles. The summed E-state index contributed by atoms with van der Waals surface area (Å²) in [5.74, 6) is 14.7. The van der Waals surface area contributed by atoms with Crippen molar-refractivity contribution in [1.29, 1.82) is 0 Å². The van der Waals surface area contributed by atoms with E-state index in [4.69, 9.17) is 17.8 Å². The van der Waals surface area contributed by atoms with Gasteiger partial charge in [0.05, 0.1) is 0 Å². The Bertz CT molecular complexity index is 601. The van der Waals surface area contributed by atoms with Crippen LogP contribution in [0.2, 0.25) is 0 Å². The van der Waals surface area contributed by atoms with E-state index in [0.717, 1.165) is 0 Å². The minimum Gasteiger partial charge on any atom is -0.184 e. The zero-order valence-electron chi connectivity index (χ0n) is 24.3. The summed E-state index contributed by atoms with van der Waals surface area (Å²) in [6, 6.07) is 25.0. The molecule has 2 aromatic carbocycles. The zero-order chi connectivity index (χ0) is 29.0. The second-order valence-electron chi connectivity index (χ2n) is 8.48. The Morgan fingerprint density at radius 3 is 0.658 bits per heavy atom. The normalized spacial score (nSPS) is 17.9. The van der Waals surface area contributed by atoms with E-state index in [-0.39, 0.29) is 21.1 Å². The van der Waals surface area contributed by atoms with Crippen LogP contribution in [0.15, 0.2) is 60.7 Å². The van der Waals surface area contributed by atoms with Crippen molar-refractivity contribution in [2.75, 3.05) is 0 Å². The molecule has 6 heteroatoms. The molecule has 203 valence electrons. The Labute approximate surface area is 257 Å². The smallest absolute Gasteiger partial charge is 0.184 e. The maximum atomic E-state index is 8.65. The third-order valence-corrected chi connectivity index (χ3v) is 6.84. The van der Waals surface area contributed by atoms with Crippen molar-refractivity contribution in [3.8, 4) is 0 Å². The quantitative estimate of drug-likeness (QED) is 0.249. The summed E-state index contributed by atoms with van der Waals surface area (Å²) in [6.07, 6.45) is 0. The monoisotopic (exact) mass is 852 g/mol. The van der Waals surface area contributed by atoms with Gasteiger partial charge in [-0.25, -0.2) is 0 Å². The Morgan fingerprint density at radius 1 is 0.474 bits per heavy atom. The van der Waals surface area contributed by atoms with Gasteiger partial charge in [-0.05, 0) is 59.2 Å². The van der Waals surface area contributed by atoms with Crippen molar-refractivity contribution in [1.82, 2.24) is 5.59 Å². The average molecular weight is 852 g/mol. The van der Waals surface area contributed by atoms with Gasteiger partial charge in [0.15, 0.2) is 0 Å². The van der Waals surface area contributed by atoms with Gasteiger partial charge in [0.2, 0.25) is 0 Å². The molecular weight excluding hydrogens is 812 g/mol. The van der Waals surface area contributed by atoms with Crippen molar-refractivity contribution in [3.05, 3.63) is 141 Å². The fourth-order valence-corrected chi connectivity index (χ4v) is 3.50. The fourth-order valence-electron chi connectivity index (χ4n) is 3.50. The molecule has 0 heterocycles. The Balaban J connectivity index is -0.000000411. The van der Waals surface area contributed by atoms with Crippen LogP contribution in [-0.4, -0.2) is 0 Å². The second-order valence-corrected chi connectivity index (χ2v) is 9.01. The Hall–Kier alpha value is -0.983. The summed E-state index contributed by atoms with van der Waals surface area (Å²) in [6.45, 7) is 22.0. The molecule has 0 spiro atoms. The summed E-state index contributed by atoms with van der Waals surface area (Å²) >= 11 is -2.00. The van der Waals surface area contributed by atoms with Gasteiger partial charge in [-0.2, -0.15) is 72.8 Å². The molecule has 0 bridgehead atoms. The van der Waals surface area contributed by atoms with Gasteiger partial charge in [0.1, 0.15) is 5.59 Å². The molecule has 2 aliphatic carbocycles. The molecule has 38 heavy (non-hydrogen) atoms. The van der Waals surface area contributed by atoms with Crippen molar-refractivity contribution >= 4 is 0 Å². The minimum atomic E-state index is -2.00. The number of hydrogen-bond acceptors (Lipinski definition) is 2. The van der Waals surface area contributed by atoms with E-state index in [1.54, 1.807) is 0 Å². The first kappa shape index (κ1) is 41.5. The van der Waals surface area contributed by atoms with E-state index in [1.807, 2.05) is 60.7 Å². The van der Waals surface area contributed by atoms with Crippen LogP contribution in [0.5, 0.6) is 0 Å². The minimum absolute atomic E-state index is 0. The number of rotatable bonds is 0. The maximum absolute atomic E-state index is 8.65. The van der Waals surface area contributed by atoms with Crippen LogP contribution in [0.25, 0.3) is 3.91 Å². The number of benzene rings is 2.